The van der Waals surface area contributed by atoms with Gasteiger partial charge < -0.3 is 10.2 Å². The first-order valence-corrected chi connectivity index (χ1v) is 11.7. The van der Waals surface area contributed by atoms with Gasteiger partial charge >= 0.3 is 17.8 Å². The van der Waals surface area contributed by atoms with Crippen LogP contribution >= 0.6 is 23.2 Å². The van der Waals surface area contributed by atoms with E-state index >= 15 is 0 Å². The number of hydrogen-bond acceptors (Lipinski definition) is 6. The van der Waals surface area contributed by atoms with Gasteiger partial charge in [-0.15, -0.1) is 10.2 Å². The number of aliphatic hydroxyl groups is 1. The molecule has 0 amide bonds. The van der Waals surface area contributed by atoms with Gasteiger partial charge in [0.15, 0.2) is 17.5 Å². The summed E-state index contributed by atoms with van der Waals surface area (Å²) >= 11 is 12.1. The van der Waals surface area contributed by atoms with Crippen LogP contribution in [0.25, 0.3) is 17.1 Å². The van der Waals surface area contributed by atoms with Gasteiger partial charge in [0.1, 0.15) is 6.54 Å². The predicted molar refractivity (Wildman–Crippen MR) is 130 cm³/mol. The second-order valence-corrected chi connectivity index (χ2v) is 9.22. The van der Waals surface area contributed by atoms with E-state index in [1.807, 2.05) is 0 Å². The van der Waals surface area contributed by atoms with Crippen molar-refractivity contribution in [3.63, 3.8) is 0 Å². The van der Waals surface area contributed by atoms with E-state index in [2.05, 4.69) is 15.2 Å². The molecule has 1 unspecified atom stereocenters. The van der Waals surface area contributed by atoms with Crippen LogP contribution in [0.2, 0.25) is 10.0 Å². The number of hydrogen-bond donors (Lipinski definition) is 2. The third kappa shape index (κ3) is 5.59. The van der Waals surface area contributed by atoms with E-state index in [0.29, 0.717) is 10.6 Å². The van der Waals surface area contributed by atoms with Crippen LogP contribution in [0.4, 0.5) is 13.2 Å². The van der Waals surface area contributed by atoms with Crippen LogP contribution in [-0.4, -0.2) is 51.5 Å². The van der Waals surface area contributed by atoms with Gasteiger partial charge in [-0.05, 0) is 43.3 Å². The van der Waals surface area contributed by atoms with Crippen molar-refractivity contribution >= 4 is 29.2 Å². The normalized spacial score (nSPS) is 13.4. The molecule has 4 aromatic rings. The van der Waals surface area contributed by atoms with Crippen molar-refractivity contribution < 1.29 is 28.2 Å². The Morgan fingerprint density at radius 1 is 1.05 bits per heavy atom. The Morgan fingerprint density at radius 3 is 2.32 bits per heavy atom. The van der Waals surface area contributed by atoms with Crippen molar-refractivity contribution in [1.82, 2.24) is 29.1 Å². The number of carboxylic acids is 1. The molecular formula is C23H19Cl2F3N6O4. The third-order valence-electron chi connectivity index (χ3n) is 5.52. The first-order chi connectivity index (χ1) is 17.8. The first kappa shape index (κ1) is 27.4. The van der Waals surface area contributed by atoms with Gasteiger partial charge in [-0.2, -0.15) is 13.2 Å². The molecule has 10 nitrogen and oxygen atoms in total. The number of halogens is 5. The maximum atomic E-state index is 13.1. The molecule has 2 N–H and O–H groups in total. The highest BCUT2D eigenvalue weighted by atomic mass is 35.5. The average molecular weight is 571 g/mol. The van der Waals surface area contributed by atoms with Gasteiger partial charge in [0.25, 0.3) is 0 Å². The molecule has 15 heteroatoms. The van der Waals surface area contributed by atoms with E-state index in [-0.39, 0.29) is 22.4 Å². The van der Waals surface area contributed by atoms with Crippen molar-refractivity contribution in [3.05, 3.63) is 80.7 Å². The monoisotopic (exact) mass is 570 g/mol. The number of rotatable bonds is 8. The zero-order valence-electron chi connectivity index (χ0n) is 19.5. The molecule has 0 fully saturated rings. The van der Waals surface area contributed by atoms with Crippen LogP contribution in [0.15, 0.2) is 53.3 Å². The van der Waals surface area contributed by atoms with E-state index in [0.717, 1.165) is 20.9 Å². The quantitative estimate of drug-likeness (QED) is 0.329. The summed E-state index contributed by atoms with van der Waals surface area (Å²) in [5.41, 5.74) is -2.83. The summed E-state index contributed by atoms with van der Waals surface area (Å²) in [6, 6.07) is 12.3. The fourth-order valence-corrected chi connectivity index (χ4v) is 3.90. The van der Waals surface area contributed by atoms with Gasteiger partial charge in [-0.25, -0.2) is 23.9 Å². The predicted octanol–water partition coefficient (Wildman–Crippen LogP) is 3.89. The number of nitrogens with zero attached hydrogens (tertiary/aromatic N) is 6. The highest BCUT2D eigenvalue weighted by molar-refractivity contribution is 6.32. The zero-order valence-corrected chi connectivity index (χ0v) is 21.0. The Bertz CT molecular complexity index is 1540. The summed E-state index contributed by atoms with van der Waals surface area (Å²) in [7, 11) is 0. The molecule has 2 heterocycles. The van der Waals surface area contributed by atoms with Gasteiger partial charge in [0, 0.05) is 17.1 Å². The van der Waals surface area contributed by atoms with Crippen molar-refractivity contribution in [3.8, 4) is 17.1 Å². The lowest BCUT2D eigenvalue weighted by molar-refractivity contribution is -0.158. The topological polar surface area (TPSA) is 128 Å². The maximum Gasteiger partial charge on any atom is 0.390 e. The summed E-state index contributed by atoms with van der Waals surface area (Å²) < 4.78 is 41.6. The Labute approximate surface area is 222 Å². The van der Waals surface area contributed by atoms with E-state index in [4.69, 9.17) is 23.2 Å². The number of benzene rings is 2. The van der Waals surface area contributed by atoms with Crippen molar-refractivity contribution in [2.24, 2.45) is 0 Å². The molecule has 0 bridgehead atoms. The molecule has 38 heavy (non-hydrogen) atoms. The van der Waals surface area contributed by atoms with Crippen LogP contribution in [0.5, 0.6) is 0 Å². The summed E-state index contributed by atoms with van der Waals surface area (Å²) in [6.07, 6.45) is -5.80. The van der Waals surface area contributed by atoms with Gasteiger partial charge in [0.2, 0.25) is 5.60 Å². The van der Waals surface area contributed by atoms with E-state index in [9.17, 15) is 33.0 Å². The number of aromatic nitrogens is 6. The largest absolute Gasteiger partial charge is 0.479 e. The molecule has 0 aliphatic rings. The zero-order chi connectivity index (χ0) is 27.8. The number of carbonyl (C=O) groups is 1. The summed E-state index contributed by atoms with van der Waals surface area (Å²) in [4.78, 5) is 29.0. The molecule has 0 radical (unpaired) electrons. The summed E-state index contributed by atoms with van der Waals surface area (Å²) in [5.74, 6) is -2.22. The Morgan fingerprint density at radius 2 is 1.71 bits per heavy atom. The molecule has 0 saturated heterocycles. The first-order valence-electron chi connectivity index (χ1n) is 11.0. The fourth-order valence-electron chi connectivity index (χ4n) is 3.55. The highest BCUT2D eigenvalue weighted by Gasteiger charge is 2.39. The second kappa shape index (κ2) is 10.2. The standard InChI is InChI=1S/C23H19Cl2F3N6O4/c1-22(38,20(35)36)19-29-17(30-34(19)16-5-3-2-4-15(16)25)12-33-21(37)32(11-10-23(26,27)28)18(31-33)13-6-8-14(24)9-7-13/h2-9,38H,10-12H2,1H3,(H,35,36). The van der Waals surface area contributed by atoms with Gasteiger partial charge in [-0.1, -0.05) is 35.3 Å². The minimum absolute atomic E-state index is 0.0424. The molecule has 1 atom stereocenters. The maximum absolute atomic E-state index is 13.1. The molecule has 0 spiro atoms. The lowest BCUT2D eigenvalue weighted by Gasteiger charge is -2.18. The molecule has 200 valence electrons. The van der Waals surface area contributed by atoms with Gasteiger partial charge in [0.05, 0.1) is 17.1 Å². The van der Waals surface area contributed by atoms with Crippen LogP contribution in [0, 0.1) is 0 Å². The number of aliphatic carboxylic acids is 1. The number of para-hydroxylation sites is 1. The van der Waals surface area contributed by atoms with Gasteiger partial charge in [-0.3, -0.25) is 4.57 Å². The fraction of sp³-hybridized carbons (Fsp3) is 0.261. The Kier molecular flexibility index (Phi) is 7.37. The second-order valence-electron chi connectivity index (χ2n) is 8.38. The smallest absolute Gasteiger partial charge is 0.390 e. The van der Waals surface area contributed by atoms with Crippen LogP contribution in [-0.2, 0) is 23.5 Å². The summed E-state index contributed by atoms with van der Waals surface area (Å²) in [6.45, 7) is -0.146. The molecular weight excluding hydrogens is 552 g/mol. The highest BCUT2D eigenvalue weighted by Crippen LogP contribution is 2.27. The van der Waals surface area contributed by atoms with E-state index < -0.39 is 48.8 Å². The van der Waals surface area contributed by atoms with Crippen LogP contribution in [0.3, 0.4) is 0 Å². The Hall–Kier alpha value is -3.68. The van der Waals surface area contributed by atoms with Crippen molar-refractivity contribution in [1.29, 1.82) is 0 Å². The third-order valence-corrected chi connectivity index (χ3v) is 6.09. The molecule has 0 aliphatic carbocycles. The summed E-state index contributed by atoms with van der Waals surface area (Å²) in [5, 5.41) is 29.1. The SMILES string of the molecule is CC(O)(C(=O)O)c1nc(Cn2nc(-c3ccc(Cl)cc3)n(CCC(F)(F)F)c2=O)nn1-c1ccccc1Cl. The average Bonchev–Trinajstić information content (AvgIpc) is 3.40. The molecule has 4 rings (SSSR count). The number of carboxylic acid groups (broad SMARTS) is 1. The van der Waals surface area contributed by atoms with Crippen molar-refractivity contribution in [2.45, 2.75) is 38.2 Å². The molecule has 0 aliphatic heterocycles. The van der Waals surface area contributed by atoms with E-state index in [1.165, 1.54) is 36.4 Å². The minimum atomic E-state index is -4.52. The number of alkyl halides is 3. The Balaban J connectivity index is 1.81. The van der Waals surface area contributed by atoms with Crippen molar-refractivity contribution in [2.75, 3.05) is 0 Å². The molecule has 2 aromatic heterocycles. The molecule has 2 aromatic carbocycles. The molecule has 0 saturated carbocycles. The lowest BCUT2D eigenvalue weighted by Crippen LogP contribution is -2.35. The lowest BCUT2D eigenvalue weighted by atomic mass is 10.1. The van der Waals surface area contributed by atoms with Crippen LogP contribution in [0.1, 0.15) is 25.0 Å². The van der Waals surface area contributed by atoms with Crippen LogP contribution < -0.4 is 5.69 Å². The van der Waals surface area contributed by atoms with E-state index in [1.54, 1.807) is 12.1 Å². The minimum Gasteiger partial charge on any atom is -0.479 e.